The Morgan fingerprint density at radius 2 is 1.29 bits per heavy atom. The lowest BCUT2D eigenvalue weighted by Crippen LogP contribution is -2.61. The third-order valence-electron chi connectivity index (χ3n) is 18.9. The predicted octanol–water partition coefficient (Wildman–Crippen LogP) is 2.57. The Balaban J connectivity index is 1.11. The van der Waals surface area contributed by atoms with E-state index >= 15 is 0 Å². The number of rotatable bonds is 39. The topological polar surface area (TPSA) is 347 Å². The van der Waals surface area contributed by atoms with Crippen molar-refractivity contribution in [2.24, 2.45) is 35.5 Å². The normalized spacial score (nSPS) is 19.4. The fourth-order valence-corrected chi connectivity index (χ4v) is 13.0. The number of Topliss-reactive ketones (excluding diaryl/α,β-unsaturated/α-hetero) is 1. The highest BCUT2D eigenvalue weighted by Gasteiger charge is 2.44. The van der Waals surface area contributed by atoms with Crippen LogP contribution in [0.3, 0.4) is 0 Å². The number of ketones is 1. The molecule has 548 valence electrons. The van der Waals surface area contributed by atoms with Crippen LogP contribution in [0.25, 0.3) is 0 Å². The Labute approximate surface area is 582 Å². The number of carbonyl (C=O) groups is 12. The molecule has 3 aliphatic heterocycles. The first-order valence-electron chi connectivity index (χ1n) is 34.7. The van der Waals surface area contributed by atoms with Crippen molar-refractivity contribution in [2.75, 3.05) is 87.5 Å². The summed E-state index contributed by atoms with van der Waals surface area (Å²) in [7, 11) is 6.03. The van der Waals surface area contributed by atoms with Crippen LogP contribution in [-0.2, 0) is 82.9 Å². The Morgan fingerprint density at radius 1 is 0.677 bits per heavy atom. The summed E-state index contributed by atoms with van der Waals surface area (Å²) in [5.41, 5.74) is 1.33. The van der Waals surface area contributed by atoms with Crippen LogP contribution in [0.5, 0.6) is 0 Å². The van der Waals surface area contributed by atoms with Crippen LogP contribution in [0.2, 0.25) is 0 Å². The number of ether oxygens (including phenoxy) is 4. The lowest BCUT2D eigenvalue weighted by Gasteiger charge is -2.41. The van der Waals surface area contributed by atoms with Crippen molar-refractivity contribution in [1.82, 2.24) is 51.5 Å². The zero-order valence-corrected chi connectivity index (χ0v) is 59.8. The summed E-state index contributed by atoms with van der Waals surface area (Å²) in [6.45, 7) is 14.0. The fraction of sp³-hybridized carbons (Fsp3) is 0.639. The van der Waals surface area contributed by atoms with E-state index in [0.29, 0.717) is 62.7 Å². The van der Waals surface area contributed by atoms with E-state index < -0.39 is 139 Å². The molecule has 0 bridgehead atoms. The molecule has 11 atom stereocenters. The summed E-state index contributed by atoms with van der Waals surface area (Å²) in [6, 6.07) is 12.6. The highest BCUT2D eigenvalue weighted by atomic mass is 16.5. The average Bonchev–Trinajstić information content (AvgIpc) is 1.07. The minimum atomic E-state index is -1.23. The number of hydrogen-bond acceptors (Lipinski definition) is 17. The molecule has 2 saturated heterocycles. The van der Waals surface area contributed by atoms with Crippen LogP contribution >= 0.6 is 0 Å². The largest absolute Gasteiger partial charge is 0.386 e. The molecule has 0 aromatic heterocycles. The summed E-state index contributed by atoms with van der Waals surface area (Å²) in [6.07, 6.45) is 3.86. The molecule has 5 rings (SSSR count). The summed E-state index contributed by atoms with van der Waals surface area (Å²) in [5.74, 6) is -8.35. The summed E-state index contributed by atoms with van der Waals surface area (Å²) in [5, 5.41) is 27.0. The number of nitrogens with one attached hydrogen (secondary N) is 6. The van der Waals surface area contributed by atoms with Gasteiger partial charge in [0.15, 0.2) is 0 Å². The number of aliphatic hydroxyl groups is 1. The molecule has 0 saturated carbocycles. The molecule has 0 spiro atoms. The number of aliphatic hydroxyl groups excluding tert-OH is 1. The number of nitrogens with zero attached hydrogens (tertiary/aromatic N) is 4. The minimum Gasteiger partial charge on any atom is -0.386 e. The first kappa shape index (κ1) is 81.7. The Bertz CT molecular complexity index is 3030. The van der Waals surface area contributed by atoms with Crippen LogP contribution in [-0.4, -0.2) is 231 Å². The van der Waals surface area contributed by atoms with E-state index in [1.54, 1.807) is 96.0 Å². The molecular formula is C72H108N10O17. The zero-order chi connectivity index (χ0) is 73.0. The molecule has 3 aliphatic rings. The van der Waals surface area contributed by atoms with E-state index in [4.69, 9.17) is 18.9 Å². The second-order valence-electron chi connectivity index (χ2n) is 27.0. The van der Waals surface area contributed by atoms with Crippen LogP contribution in [0.1, 0.15) is 130 Å². The number of methoxy groups -OCH3 is 2. The number of likely N-dealkylation sites (tertiary alicyclic amines) is 1. The van der Waals surface area contributed by atoms with Gasteiger partial charge in [-0.15, -0.1) is 0 Å². The molecule has 0 radical (unpaired) electrons. The summed E-state index contributed by atoms with van der Waals surface area (Å²) in [4.78, 5) is 167. The van der Waals surface area contributed by atoms with E-state index in [-0.39, 0.29) is 93.4 Å². The van der Waals surface area contributed by atoms with Crippen molar-refractivity contribution in [3.63, 3.8) is 0 Å². The zero-order valence-electron chi connectivity index (χ0n) is 59.8. The van der Waals surface area contributed by atoms with Gasteiger partial charge in [0.25, 0.3) is 11.8 Å². The lowest BCUT2D eigenvalue weighted by atomic mass is 9.89. The van der Waals surface area contributed by atoms with E-state index in [2.05, 4.69) is 31.9 Å². The minimum absolute atomic E-state index is 0.00160. The van der Waals surface area contributed by atoms with E-state index in [9.17, 15) is 62.6 Å². The Kier molecular flexibility index (Phi) is 33.8. The molecule has 0 aliphatic carbocycles. The molecule has 2 aromatic carbocycles. The molecule has 2 fully saturated rings. The van der Waals surface area contributed by atoms with Crippen LogP contribution in [0, 0.1) is 35.5 Å². The number of likely N-dealkylation sites (N-methyl/N-ethyl adjacent to an activating group) is 2. The molecule has 7 N–H and O–H groups in total. The van der Waals surface area contributed by atoms with Gasteiger partial charge in [-0.25, -0.2) is 0 Å². The summed E-state index contributed by atoms with van der Waals surface area (Å²) >= 11 is 0. The van der Waals surface area contributed by atoms with Gasteiger partial charge >= 0.3 is 0 Å². The van der Waals surface area contributed by atoms with Crippen LogP contribution in [0.15, 0.2) is 72.8 Å². The van der Waals surface area contributed by atoms with Gasteiger partial charge in [0, 0.05) is 78.7 Å². The smallest absolute Gasteiger partial charge is 0.253 e. The van der Waals surface area contributed by atoms with Gasteiger partial charge in [-0.2, -0.15) is 0 Å². The first-order valence-corrected chi connectivity index (χ1v) is 34.7. The van der Waals surface area contributed by atoms with Gasteiger partial charge < -0.3 is 70.7 Å². The number of amides is 11. The maximum absolute atomic E-state index is 14.9. The molecule has 27 nitrogen and oxygen atoms in total. The highest BCUT2D eigenvalue weighted by Crippen LogP contribution is 2.31. The average molecular weight is 1390 g/mol. The molecule has 0 unspecified atom stereocenters. The monoisotopic (exact) mass is 1380 g/mol. The van der Waals surface area contributed by atoms with Crippen molar-refractivity contribution in [2.45, 2.75) is 174 Å². The van der Waals surface area contributed by atoms with Gasteiger partial charge in [-0.3, -0.25) is 62.4 Å². The van der Waals surface area contributed by atoms with Crippen molar-refractivity contribution < 1.29 is 81.6 Å². The maximum Gasteiger partial charge on any atom is 0.253 e. The third-order valence-corrected chi connectivity index (χ3v) is 18.9. The molecular weight excluding hydrogens is 1280 g/mol. The van der Waals surface area contributed by atoms with Crippen molar-refractivity contribution in [3.8, 4) is 0 Å². The van der Waals surface area contributed by atoms with Gasteiger partial charge in [0.05, 0.1) is 101 Å². The van der Waals surface area contributed by atoms with Gasteiger partial charge in [0.2, 0.25) is 53.2 Å². The second-order valence-corrected chi connectivity index (χ2v) is 27.0. The third kappa shape index (κ3) is 24.7. The Morgan fingerprint density at radius 3 is 1.89 bits per heavy atom. The van der Waals surface area contributed by atoms with Gasteiger partial charge in [0.1, 0.15) is 23.9 Å². The number of hydrogen-bond donors (Lipinski definition) is 7. The number of imide groups is 1. The predicted molar refractivity (Wildman–Crippen MR) is 367 cm³/mol. The number of benzene rings is 2. The van der Waals surface area contributed by atoms with Crippen molar-refractivity contribution >= 4 is 70.8 Å². The molecule has 3 heterocycles. The van der Waals surface area contributed by atoms with E-state index in [1.165, 1.54) is 48.1 Å². The fourth-order valence-electron chi connectivity index (χ4n) is 13.0. The Hall–Kier alpha value is -7.98. The first-order chi connectivity index (χ1) is 47.1. The lowest BCUT2D eigenvalue weighted by molar-refractivity contribution is -0.148. The summed E-state index contributed by atoms with van der Waals surface area (Å²) < 4.78 is 23.6. The van der Waals surface area contributed by atoms with Crippen molar-refractivity contribution in [1.29, 1.82) is 0 Å². The molecule has 2 aromatic rings. The molecule has 11 amide bonds. The van der Waals surface area contributed by atoms with Crippen LogP contribution < -0.4 is 31.9 Å². The number of unbranched alkanes of at least 4 members (excludes halogenated alkanes) is 2. The van der Waals surface area contributed by atoms with E-state index in [0.717, 1.165) is 0 Å². The van der Waals surface area contributed by atoms with Gasteiger partial charge in [-0.1, -0.05) is 122 Å². The highest BCUT2D eigenvalue weighted by molar-refractivity contribution is 6.12. The molecule has 99 heavy (non-hydrogen) atoms. The van der Waals surface area contributed by atoms with Crippen molar-refractivity contribution in [3.05, 3.63) is 83.9 Å². The van der Waals surface area contributed by atoms with E-state index in [1.807, 2.05) is 32.0 Å². The standard InChI is InChI=1S/C72H108N10O17/c1-13-46(6)66(56(96-11)36-62(89)81-33-23-28-54(81)68(97-12)47(7)69(92)76-48(8)67(91)51-26-19-15-20-27-51)80(10)72(95)64(44(2)3)78-71(94)65(45(4)5)79(9)63(90)39-75-70(93)53(34-49-24-17-14-18-25-49)77-59(86)38-74-58(85)37-73-57(84)35-50-40-98-42-52(43-99-41-50)55(83)29-21-16-22-32-82-60(87)30-31-61(82)88/h14-15,17-20,24-27,30-31,44-48,50,52-54,56,64-68,91H,13,16,21-23,28-29,32-43H2,1-12H3,(H,73,84)(H,74,85)(H,75,93)(H,76,92)(H,77,86)(H,78,94)/t46-,47+,48+,50?,52?,53-,54+,56+,64-,65-,66-,67+,68+/m0/s1. The second kappa shape index (κ2) is 40.9. The van der Waals surface area contributed by atoms with Crippen LogP contribution in [0.4, 0.5) is 0 Å². The maximum atomic E-state index is 14.9. The molecule has 27 heteroatoms. The number of carbonyl (C=O) groups excluding carboxylic acids is 12. The quantitative estimate of drug-likeness (QED) is 0.0374. The SMILES string of the molecule is CC[C@H](C)[C@@H]([C@@H](CC(=O)N1CCC[C@@H]1[C@H](OC)[C@@H](C)C(=O)N[C@H](C)[C@@H](O)c1ccccc1)OC)N(C)C(=O)[C@@H](NC(=O)[C@H](C(C)C)N(C)C(=O)CNC(=O)[C@H](Cc1ccccc1)NC(=O)CNC(=O)CNC(=O)CC1COCC(C(=O)CCCCCN2C(=O)C=CC2=O)COC1)C(C)C. The van der Waals surface area contributed by atoms with Gasteiger partial charge in [-0.05, 0) is 61.5 Å².